The number of piperidine rings is 1. The number of aryl methyl sites for hydroxylation is 1. The Balaban J connectivity index is 1.37. The van der Waals surface area contributed by atoms with E-state index in [2.05, 4.69) is 15.3 Å². The molecule has 2 aromatic heterocycles. The number of para-hydroxylation sites is 2. The van der Waals surface area contributed by atoms with Crippen LogP contribution in [-0.4, -0.2) is 50.1 Å². The Morgan fingerprint density at radius 2 is 1.87 bits per heavy atom. The molecule has 1 fully saturated rings. The van der Waals surface area contributed by atoms with E-state index in [4.69, 9.17) is 4.74 Å². The zero-order valence-electron chi connectivity index (χ0n) is 18.2. The predicted octanol–water partition coefficient (Wildman–Crippen LogP) is 4.40. The minimum absolute atomic E-state index is 0.237. The van der Waals surface area contributed by atoms with Crippen LogP contribution in [0.2, 0.25) is 0 Å². The van der Waals surface area contributed by atoms with Gasteiger partial charge in [0.2, 0.25) is 5.95 Å². The van der Waals surface area contributed by atoms with Gasteiger partial charge in [0, 0.05) is 31.4 Å². The lowest BCUT2D eigenvalue weighted by Gasteiger charge is -2.32. The number of fused-ring (bicyclic) bond motifs is 1. The van der Waals surface area contributed by atoms with Crippen molar-refractivity contribution in [1.82, 2.24) is 19.4 Å². The molecule has 3 heterocycles. The van der Waals surface area contributed by atoms with E-state index in [9.17, 15) is 9.59 Å². The number of rotatable bonds is 3. The molecule has 4 rings (SSSR count). The summed E-state index contributed by atoms with van der Waals surface area (Å²) >= 11 is 1.49. The molecule has 1 aliphatic rings. The van der Waals surface area contributed by atoms with Crippen molar-refractivity contribution >= 4 is 40.3 Å². The lowest BCUT2D eigenvalue weighted by molar-refractivity contribution is 0.0204. The van der Waals surface area contributed by atoms with Crippen molar-refractivity contribution < 1.29 is 14.3 Å². The zero-order valence-corrected chi connectivity index (χ0v) is 19.0. The van der Waals surface area contributed by atoms with Gasteiger partial charge in [0.1, 0.15) is 11.3 Å². The molecule has 31 heavy (non-hydrogen) atoms. The normalized spacial score (nSPS) is 15.3. The van der Waals surface area contributed by atoms with Gasteiger partial charge in [-0.05, 0) is 45.7 Å². The number of anilines is 1. The molecule has 1 aromatic carbocycles. The topological polar surface area (TPSA) is 89.4 Å². The van der Waals surface area contributed by atoms with Crippen LogP contribution < -0.4 is 5.32 Å². The highest BCUT2D eigenvalue weighted by atomic mass is 32.1. The van der Waals surface area contributed by atoms with Crippen LogP contribution >= 0.6 is 11.3 Å². The second-order valence-corrected chi connectivity index (χ2v) is 9.64. The third-order valence-corrected chi connectivity index (χ3v) is 6.27. The number of hydrogen-bond acceptors (Lipinski definition) is 6. The molecular formula is C22H27N5O3S. The summed E-state index contributed by atoms with van der Waals surface area (Å²) < 4.78 is 7.31. The summed E-state index contributed by atoms with van der Waals surface area (Å²) in [5, 5.41) is 5.58. The van der Waals surface area contributed by atoms with Gasteiger partial charge in [0.05, 0.1) is 16.0 Å². The molecule has 0 aliphatic carbocycles. The first-order chi connectivity index (χ1) is 14.7. The lowest BCUT2D eigenvalue weighted by Crippen LogP contribution is -2.41. The first-order valence-corrected chi connectivity index (χ1v) is 11.3. The fourth-order valence-corrected chi connectivity index (χ4v) is 4.61. The third-order valence-electron chi connectivity index (χ3n) is 5.26. The average molecular weight is 442 g/mol. The Morgan fingerprint density at radius 3 is 2.55 bits per heavy atom. The molecule has 8 nitrogen and oxygen atoms in total. The van der Waals surface area contributed by atoms with Gasteiger partial charge in [0.15, 0.2) is 0 Å². The van der Waals surface area contributed by atoms with E-state index >= 15 is 0 Å². The first-order valence-electron chi connectivity index (χ1n) is 10.4. The average Bonchev–Trinajstić information content (AvgIpc) is 3.33. The standard InChI is InChI=1S/C22H27N5O3S/c1-22(2,3)30-21(29)27-11-9-14(10-12-27)19-23-16(13-31-19)18(28)25-20-24-15-7-5-6-8-17(15)26(20)4/h5-8,13-14H,9-12H2,1-4H3,(H,24,25,28). The zero-order chi connectivity index (χ0) is 22.2. The molecule has 0 bridgehead atoms. The van der Waals surface area contributed by atoms with Crippen molar-refractivity contribution in [2.45, 2.75) is 45.1 Å². The van der Waals surface area contributed by atoms with Crippen molar-refractivity contribution in [3.05, 3.63) is 40.3 Å². The largest absolute Gasteiger partial charge is 0.444 e. The summed E-state index contributed by atoms with van der Waals surface area (Å²) in [5.41, 5.74) is 1.68. The SMILES string of the molecule is Cn1c(NC(=O)c2csc(C3CCN(C(=O)OC(C)(C)C)CC3)n2)nc2ccccc21. The highest BCUT2D eigenvalue weighted by Crippen LogP contribution is 2.31. The van der Waals surface area contributed by atoms with Gasteiger partial charge >= 0.3 is 6.09 Å². The molecule has 3 aromatic rings. The number of benzene rings is 1. The highest BCUT2D eigenvalue weighted by molar-refractivity contribution is 7.10. The maximum absolute atomic E-state index is 12.7. The molecule has 0 spiro atoms. The molecule has 0 saturated carbocycles. The van der Waals surface area contributed by atoms with E-state index in [1.807, 2.05) is 56.7 Å². The molecule has 0 unspecified atom stereocenters. The molecular weight excluding hydrogens is 414 g/mol. The van der Waals surface area contributed by atoms with Crippen LogP contribution in [0.3, 0.4) is 0 Å². The molecule has 0 radical (unpaired) electrons. The number of carbonyl (C=O) groups excluding carboxylic acids is 2. The number of aromatic nitrogens is 3. The van der Waals surface area contributed by atoms with Crippen LogP contribution in [0.5, 0.6) is 0 Å². The molecule has 0 atom stereocenters. The number of carbonyl (C=O) groups is 2. The number of ether oxygens (including phenoxy) is 1. The molecule has 2 amide bonds. The van der Waals surface area contributed by atoms with E-state index in [0.717, 1.165) is 28.9 Å². The van der Waals surface area contributed by atoms with Gasteiger partial charge < -0.3 is 14.2 Å². The Hall–Kier alpha value is -2.94. The first kappa shape index (κ1) is 21.3. The molecule has 1 N–H and O–H groups in total. The molecule has 9 heteroatoms. The van der Waals surface area contributed by atoms with Gasteiger partial charge in [-0.2, -0.15) is 0 Å². The number of amides is 2. The van der Waals surface area contributed by atoms with Crippen LogP contribution in [0.25, 0.3) is 11.0 Å². The van der Waals surface area contributed by atoms with E-state index in [-0.39, 0.29) is 17.9 Å². The summed E-state index contributed by atoms with van der Waals surface area (Å²) in [4.78, 5) is 35.8. The van der Waals surface area contributed by atoms with E-state index in [1.54, 1.807) is 10.3 Å². The fraction of sp³-hybridized carbons (Fsp3) is 0.455. The highest BCUT2D eigenvalue weighted by Gasteiger charge is 2.29. The number of likely N-dealkylation sites (tertiary alicyclic amines) is 1. The predicted molar refractivity (Wildman–Crippen MR) is 121 cm³/mol. The van der Waals surface area contributed by atoms with Crippen molar-refractivity contribution in [3.8, 4) is 0 Å². The summed E-state index contributed by atoms with van der Waals surface area (Å²) in [7, 11) is 1.87. The van der Waals surface area contributed by atoms with Crippen LogP contribution in [-0.2, 0) is 11.8 Å². The lowest BCUT2D eigenvalue weighted by atomic mass is 9.98. The minimum atomic E-state index is -0.495. The fourth-order valence-electron chi connectivity index (χ4n) is 3.64. The van der Waals surface area contributed by atoms with Crippen molar-refractivity contribution in [2.24, 2.45) is 7.05 Å². The van der Waals surface area contributed by atoms with Crippen molar-refractivity contribution in [2.75, 3.05) is 18.4 Å². The van der Waals surface area contributed by atoms with E-state index in [0.29, 0.717) is 24.7 Å². The quantitative estimate of drug-likeness (QED) is 0.651. The number of nitrogens with one attached hydrogen (secondary N) is 1. The second kappa shape index (κ2) is 8.30. The Kier molecular flexibility index (Phi) is 5.70. The smallest absolute Gasteiger partial charge is 0.410 e. The monoisotopic (exact) mass is 441 g/mol. The van der Waals surface area contributed by atoms with Crippen LogP contribution in [0, 0.1) is 0 Å². The Morgan fingerprint density at radius 1 is 1.16 bits per heavy atom. The summed E-state index contributed by atoms with van der Waals surface area (Å²) in [6.45, 7) is 6.86. The number of nitrogens with zero attached hydrogens (tertiary/aromatic N) is 4. The van der Waals surface area contributed by atoms with E-state index in [1.165, 1.54) is 11.3 Å². The van der Waals surface area contributed by atoms with E-state index < -0.39 is 5.60 Å². The van der Waals surface area contributed by atoms with Crippen LogP contribution in [0.4, 0.5) is 10.7 Å². The van der Waals surface area contributed by atoms with Gasteiger partial charge in [-0.15, -0.1) is 11.3 Å². The Bertz CT molecular complexity index is 1110. The van der Waals surface area contributed by atoms with Gasteiger partial charge in [-0.25, -0.2) is 14.8 Å². The third kappa shape index (κ3) is 4.71. The molecule has 1 saturated heterocycles. The number of imidazole rings is 1. The minimum Gasteiger partial charge on any atom is -0.444 e. The Labute approximate surface area is 185 Å². The summed E-state index contributed by atoms with van der Waals surface area (Å²) in [6.07, 6.45) is 1.34. The maximum Gasteiger partial charge on any atom is 0.410 e. The van der Waals surface area contributed by atoms with Crippen molar-refractivity contribution in [3.63, 3.8) is 0 Å². The number of hydrogen-bond donors (Lipinski definition) is 1. The van der Waals surface area contributed by atoms with Crippen LogP contribution in [0.15, 0.2) is 29.6 Å². The molecule has 164 valence electrons. The van der Waals surface area contributed by atoms with Gasteiger partial charge in [-0.3, -0.25) is 10.1 Å². The molecule has 1 aliphatic heterocycles. The summed E-state index contributed by atoms with van der Waals surface area (Å²) in [6, 6.07) is 7.73. The van der Waals surface area contributed by atoms with Gasteiger partial charge in [0.25, 0.3) is 5.91 Å². The van der Waals surface area contributed by atoms with Crippen molar-refractivity contribution in [1.29, 1.82) is 0 Å². The maximum atomic E-state index is 12.7. The van der Waals surface area contributed by atoms with Crippen LogP contribution in [0.1, 0.15) is 55.0 Å². The summed E-state index contributed by atoms with van der Waals surface area (Å²) in [5.74, 6) is 0.458. The number of thiazole rings is 1. The second-order valence-electron chi connectivity index (χ2n) is 8.75. The van der Waals surface area contributed by atoms with Gasteiger partial charge in [-0.1, -0.05) is 12.1 Å².